The lowest BCUT2D eigenvalue weighted by molar-refractivity contribution is 0.0938. The second kappa shape index (κ2) is 5.75. The highest BCUT2D eigenvalue weighted by Gasteiger charge is 2.16. The summed E-state index contributed by atoms with van der Waals surface area (Å²) in [4.78, 5) is 19.7. The predicted octanol–water partition coefficient (Wildman–Crippen LogP) is 2.76. The van der Waals surface area contributed by atoms with Crippen LogP contribution in [-0.2, 0) is 0 Å². The number of nitrogens with zero attached hydrogens (tertiary/aromatic N) is 2. The molecule has 0 saturated heterocycles. The number of nitrogens with one attached hydrogen (secondary N) is 1. The summed E-state index contributed by atoms with van der Waals surface area (Å²) in [5, 5.41) is 2.65. The number of aromatic nitrogens is 2. The second-order valence-corrected chi connectivity index (χ2v) is 4.30. The molecule has 6 heteroatoms. The molecular weight excluding hydrogens is 269 g/mol. The van der Waals surface area contributed by atoms with Gasteiger partial charge in [0.15, 0.2) is 0 Å². The molecule has 1 unspecified atom stereocenters. The zero-order chi connectivity index (χ0) is 13.8. The molecule has 0 aromatic carbocycles. The molecule has 0 aliphatic heterocycles. The summed E-state index contributed by atoms with van der Waals surface area (Å²) in [6.45, 7) is 1.78. The van der Waals surface area contributed by atoms with Crippen molar-refractivity contribution in [2.24, 2.45) is 0 Å². The standard InChI is InChI=1S/C13H11ClFN3O/c1-8(11-4-2-3-5-16-11)18-13(19)10-6-9(15)7-17-12(10)14/h2-8H,1H3,(H,18,19). The summed E-state index contributed by atoms with van der Waals surface area (Å²) in [7, 11) is 0. The monoisotopic (exact) mass is 279 g/mol. The third kappa shape index (κ3) is 3.26. The average molecular weight is 280 g/mol. The van der Waals surface area contributed by atoms with Gasteiger partial charge in [0.1, 0.15) is 11.0 Å². The number of carbonyl (C=O) groups excluding carboxylic acids is 1. The van der Waals surface area contributed by atoms with E-state index >= 15 is 0 Å². The molecule has 1 N–H and O–H groups in total. The van der Waals surface area contributed by atoms with Gasteiger partial charge in [0.05, 0.1) is 23.5 Å². The molecular formula is C13H11ClFN3O. The quantitative estimate of drug-likeness (QED) is 0.879. The van der Waals surface area contributed by atoms with E-state index in [4.69, 9.17) is 11.6 Å². The van der Waals surface area contributed by atoms with E-state index < -0.39 is 11.7 Å². The van der Waals surface area contributed by atoms with Crippen LogP contribution in [0.5, 0.6) is 0 Å². The Morgan fingerprint density at radius 3 is 2.89 bits per heavy atom. The fourth-order valence-electron chi connectivity index (χ4n) is 1.56. The van der Waals surface area contributed by atoms with Gasteiger partial charge in [0, 0.05) is 6.20 Å². The van der Waals surface area contributed by atoms with Gasteiger partial charge >= 0.3 is 0 Å². The molecule has 0 spiro atoms. The summed E-state index contributed by atoms with van der Waals surface area (Å²) < 4.78 is 13.1. The molecule has 0 bridgehead atoms. The van der Waals surface area contributed by atoms with E-state index in [0.29, 0.717) is 5.69 Å². The molecule has 2 rings (SSSR count). The Morgan fingerprint density at radius 2 is 2.21 bits per heavy atom. The van der Waals surface area contributed by atoms with Gasteiger partial charge in [-0.25, -0.2) is 9.37 Å². The Kier molecular flexibility index (Phi) is 4.06. The van der Waals surface area contributed by atoms with Gasteiger partial charge in [-0.05, 0) is 25.1 Å². The molecule has 98 valence electrons. The number of carbonyl (C=O) groups is 1. The van der Waals surface area contributed by atoms with Gasteiger partial charge in [0.25, 0.3) is 5.91 Å². The Morgan fingerprint density at radius 1 is 1.42 bits per heavy atom. The van der Waals surface area contributed by atoms with Crippen LogP contribution in [-0.4, -0.2) is 15.9 Å². The van der Waals surface area contributed by atoms with E-state index in [2.05, 4.69) is 15.3 Å². The van der Waals surface area contributed by atoms with Crippen molar-refractivity contribution in [1.82, 2.24) is 15.3 Å². The first-order valence-electron chi connectivity index (χ1n) is 5.61. The van der Waals surface area contributed by atoms with Gasteiger partial charge < -0.3 is 5.32 Å². The van der Waals surface area contributed by atoms with Gasteiger partial charge in [-0.1, -0.05) is 17.7 Å². The maximum absolute atomic E-state index is 13.1. The third-order valence-corrected chi connectivity index (χ3v) is 2.83. The first kappa shape index (κ1) is 13.4. The summed E-state index contributed by atoms with van der Waals surface area (Å²) in [5.41, 5.74) is 0.709. The van der Waals surface area contributed by atoms with Crippen LogP contribution in [0.4, 0.5) is 4.39 Å². The van der Waals surface area contributed by atoms with Crippen molar-refractivity contribution in [2.75, 3.05) is 0 Å². The zero-order valence-corrected chi connectivity index (χ0v) is 10.9. The van der Waals surface area contributed by atoms with Crippen LogP contribution in [0.2, 0.25) is 5.15 Å². The summed E-state index contributed by atoms with van der Waals surface area (Å²) >= 11 is 5.77. The first-order valence-corrected chi connectivity index (χ1v) is 5.98. The van der Waals surface area contributed by atoms with Crippen LogP contribution < -0.4 is 5.32 Å². The van der Waals surface area contributed by atoms with Crippen molar-refractivity contribution in [3.05, 3.63) is 58.9 Å². The maximum Gasteiger partial charge on any atom is 0.255 e. The fourth-order valence-corrected chi connectivity index (χ4v) is 1.75. The lowest BCUT2D eigenvalue weighted by Crippen LogP contribution is -2.27. The summed E-state index contributed by atoms with van der Waals surface area (Å²) in [5.74, 6) is -1.10. The van der Waals surface area contributed by atoms with Gasteiger partial charge in [0.2, 0.25) is 0 Å². The Hall–Kier alpha value is -2.01. The Balaban J connectivity index is 2.15. The van der Waals surface area contributed by atoms with Crippen molar-refractivity contribution in [2.45, 2.75) is 13.0 Å². The van der Waals surface area contributed by atoms with Gasteiger partial charge in [-0.2, -0.15) is 0 Å². The van der Waals surface area contributed by atoms with Crippen LogP contribution >= 0.6 is 11.6 Å². The summed E-state index contributed by atoms with van der Waals surface area (Å²) in [6, 6.07) is 6.13. The second-order valence-electron chi connectivity index (χ2n) is 3.94. The SMILES string of the molecule is CC(NC(=O)c1cc(F)cnc1Cl)c1ccccn1. The van der Waals surface area contributed by atoms with E-state index in [0.717, 1.165) is 12.3 Å². The number of hydrogen-bond donors (Lipinski definition) is 1. The average Bonchev–Trinajstić information content (AvgIpc) is 2.42. The van der Waals surface area contributed by atoms with Crippen molar-refractivity contribution >= 4 is 17.5 Å². The Labute approximate surface area is 114 Å². The van der Waals surface area contributed by atoms with Gasteiger partial charge in [-0.15, -0.1) is 0 Å². The van der Waals surface area contributed by atoms with Crippen molar-refractivity contribution in [3.63, 3.8) is 0 Å². The molecule has 2 heterocycles. The van der Waals surface area contributed by atoms with Gasteiger partial charge in [-0.3, -0.25) is 9.78 Å². The normalized spacial score (nSPS) is 11.9. The summed E-state index contributed by atoms with van der Waals surface area (Å²) in [6.07, 6.45) is 2.59. The number of rotatable bonds is 3. The Bertz CT molecular complexity index is 592. The van der Waals surface area contributed by atoms with Crippen molar-refractivity contribution in [1.29, 1.82) is 0 Å². The molecule has 0 radical (unpaired) electrons. The minimum absolute atomic E-state index is 0.00412. The third-order valence-electron chi connectivity index (χ3n) is 2.53. The van der Waals surface area contributed by atoms with E-state index in [1.54, 1.807) is 25.3 Å². The predicted molar refractivity (Wildman–Crippen MR) is 69.3 cm³/mol. The van der Waals surface area contributed by atoms with Crippen LogP contribution in [0, 0.1) is 5.82 Å². The lowest BCUT2D eigenvalue weighted by atomic mass is 10.2. The van der Waals surface area contributed by atoms with E-state index in [1.165, 1.54) is 0 Å². The molecule has 2 aromatic heterocycles. The largest absolute Gasteiger partial charge is 0.344 e. The molecule has 0 fully saturated rings. The molecule has 1 amide bonds. The maximum atomic E-state index is 13.1. The minimum Gasteiger partial charge on any atom is -0.344 e. The molecule has 0 saturated carbocycles. The van der Waals surface area contributed by atoms with Crippen LogP contribution in [0.3, 0.4) is 0 Å². The molecule has 0 aliphatic carbocycles. The van der Waals surface area contributed by atoms with Crippen LogP contribution in [0.1, 0.15) is 29.0 Å². The molecule has 2 aromatic rings. The fraction of sp³-hybridized carbons (Fsp3) is 0.154. The smallest absolute Gasteiger partial charge is 0.255 e. The number of halogens is 2. The molecule has 4 nitrogen and oxygen atoms in total. The topological polar surface area (TPSA) is 54.9 Å². The van der Waals surface area contributed by atoms with Crippen molar-refractivity contribution in [3.8, 4) is 0 Å². The highest BCUT2D eigenvalue weighted by molar-refractivity contribution is 6.32. The van der Waals surface area contributed by atoms with Crippen molar-refractivity contribution < 1.29 is 9.18 Å². The van der Waals surface area contributed by atoms with E-state index in [9.17, 15) is 9.18 Å². The van der Waals surface area contributed by atoms with E-state index in [1.807, 2.05) is 6.07 Å². The highest BCUT2D eigenvalue weighted by atomic mass is 35.5. The zero-order valence-electron chi connectivity index (χ0n) is 10.1. The molecule has 0 aliphatic rings. The van der Waals surface area contributed by atoms with Crippen LogP contribution in [0.25, 0.3) is 0 Å². The number of pyridine rings is 2. The van der Waals surface area contributed by atoms with E-state index in [-0.39, 0.29) is 16.8 Å². The highest BCUT2D eigenvalue weighted by Crippen LogP contribution is 2.15. The number of hydrogen-bond acceptors (Lipinski definition) is 3. The first-order chi connectivity index (χ1) is 9.08. The molecule has 19 heavy (non-hydrogen) atoms. The number of amides is 1. The molecule has 1 atom stereocenters. The minimum atomic E-state index is -0.611. The van der Waals surface area contributed by atoms with Crippen LogP contribution in [0.15, 0.2) is 36.7 Å². The lowest BCUT2D eigenvalue weighted by Gasteiger charge is -2.13.